The number of halogens is 2. The molecule has 0 radical (unpaired) electrons. The molecule has 1 heterocycles. The highest BCUT2D eigenvalue weighted by Gasteiger charge is 2.37. The fourth-order valence-corrected chi connectivity index (χ4v) is 6.39. The number of rotatable bonds is 8. The lowest BCUT2D eigenvalue weighted by molar-refractivity contribution is 0.267. The fraction of sp³-hybridized carbons (Fsp3) is 0.206. The zero-order valence-corrected chi connectivity index (χ0v) is 24.5. The van der Waals surface area contributed by atoms with Crippen LogP contribution in [0, 0.1) is 5.92 Å². The van der Waals surface area contributed by atoms with Gasteiger partial charge in [-0.1, -0.05) is 72.3 Å². The van der Waals surface area contributed by atoms with E-state index in [1.165, 1.54) is 16.8 Å². The van der Waals surface area contributed by atoms with Gasteiger partial charge < -0.3 is 14.8 Å². The van der Waals surface area contributed by atoms with Crippen molar-refractivity contribution < 1.29 is 9.47 Å². The Morgan fingerprint density at radius 2 is 1.80 bits per heavy atom. The van der Waals surface area contributed by atoms with Crippen LogP contribution < -0.4 is 14.8 Å². The van der Waals surface area contributed by atoms with E-state index in [1.807, 2.05) is 49.5 Å². The summed E-state index contributed by atoms with van der Waals surface area (Å²) in [5, 5.41) is 4.47. The molecule has 1 N–H and O–H groups in total. The number of hydrogen-bond donors (Lipinski definition) is 1. The van der Waals surface area contributed by atoms with E-state index >= 15 is 0 Å². The van der Waals surface area contributed by atoms with Crippen LogP contribution in [0.2, 0.25) is 5.02 Å². The van der Waals surface area contributed by atoms with E-state index in [2.05, 4.69) is 81.9 Å². The first-order valence-corrected chi connectivity index (χ1v) is 14.8. The van der Waals surface area contributed by atoms with E-state index in [-0.39, 0.29) is 6.04 Å². The average molecular weight is 614 g/mol. The van der Waals surface area contributed by atoms with Crippen LogP contribution in [0.25, 0.3) is 0 Å². The van der Waals surface area contributed by atoms with Gasteiger partial charge in [0.1, 0.15) is 6.61 Å². The quantitative estimate of drug-likeness (QED) is 0.159. The first-order valence-electron chi connectivity index (χ1n) is 13.6. The summed E-state index contributed by atoms with van der Waals surface area (Å²) in [4.78, 5) is 4.75. The van der Waals surface area contributed by atoms with E-state index in [0.717, 1.165) is 27.7 Å². The minimum Gasteiger partial charge on any atom is -0.490 e. The number of para-hydroxylation sites is 1. The van der Waals surface area contributed by atoms with Crippen LogP contribution in [0.15, 0.2) is 107 Å². The molecule has 4 aromatic rings. The summed E-state index contributed by atoms with van der Waals surface area (Å²) in [7, 11) is 0. The van der Waals surface area contributed by atoms with Gasteiger partial charge in [-0.2, -0.15) is 0 Å². The molecule has 3 atom stereocenters. The molecule has 0 saturated carbocycles. The molecule has 6 heteroatoms. The van der Waals surface area contributed by atoms with Crippen molar-refractivity contribution in [3.05, 3.63) is 129 Å². The Hall–Kier alpha value is -3.54. The Balaban J connectivity index is 1.18. The Morgan fingerprint density at radius 3 is 2.62 bits per heavy atom. The number of fused-ring (bicyclic) bond motifs is 3. The Labute approximate surface area is 248 Å². The predicted octanol–water partition coefficient (Wildman–Crippen LogP) is 9.66. The first kappa shape index (κ1) is 26.7. The number of benzene rings is 4. The first-order chi connectivity index (χ1) is 19.6. The lowest BCUT2D eigenvalue weighted by atomic mass is 9.77. The lowest BCUT2D eigenvalue weighted by Gasteiger charge is -2.37. The molecule has 6 rings (SSSR count). The van der Waals surface area contributed by atoms with Crippen molar-refractivity contribution in [2.24, 2.45) is 10.9 Å². The number of ether oxygens (including phenoxy) is 2. The maximum absolute atomic E-state index is 6.31. The molecule has 1 aliphatic carbocycles. The molecule has 1 aliphatic heterocycles. The summed E-state index contributed by atoms with van der Waals surface area (Å²) in [6, 6.07) is 29.1. The maximum atomic E-state index is 6.31. The van der Waals surface area contributed by atoms with E-state index in [0.29, 0.717) is 41.6 Å². The van der Waals surface area contributed by atoms with Crippen LogP contribution in [0.1, 0.15) is 47.6 Å². The maximum Gasteiger partial charge on any atom is 0.175 e. The zero-order chi connectivity index (χ0) is 27.5. The molecular formula is C34H30BrClN2O2. The zero-order valence-electron chi connectivity index (χ0n) is 22.2. The van der Waals surface area contributed by atoms with Crippen LogP contribution >= 0.6 is 27.5 Å². The molecule has 202 valence electrons. The SMILES string of the molecule is CCOc1cc(C=Nc2ccc([C@@H]3Nc4ccccc4[C@H]4C=CC[C@@H]43)cc2)cc(Br)c1OCc1ccccc1Cl. The predicted molar refractivity (Wildman–Crippen MR) is 168 cm³/mol. The third-order valence-electron chi connectivity index (χ3n) is 7.55. The number of aliphatic imine (C=N–C) groups is 1. The van der Waals surface area contributed by atoms with Crippen LogP contribution in [0.4, 0.5) is 11.4 Å². The summed E-state index contributed by atoms with van der Waals surface area (Å²) >= 11 is 9.97. The summed E-state index contributed by atoms with van der Waals surface area (Å²) in [6.07, 6.45) is 7.64. The molecule has 0 bridgehead atoms. The van der Waals surface area contributed by atoms with Gasteiger partial charge in [0.05, 0.1) is 22.8 Å². The molecule has 40 heavy (non-hydrogen) atoms. The van der Waals surface area contributed by atoms with Crippen LogP contribution in [0.3, 0.4) is 0 Å². The van der Waals surface area contributed by atoms with Crippen molar-refractivity contribution in [1.29, 1.82) is 0 Å². The third kappa shape index (κ3) is 5.54. The second-order valence-corrected chi connectivity index (χ2v) is 11.3. The Bertz CT molecular complexity index is 1570. The molecule has 0 unspecified atom stereocenters. The largest absolute Gasteiger partial charge is 0.490 e. The molecule has 0 spiro atoms. The molecule has 4 aromatic carbocycles. The second kappa shape index (κ2) is 11.9. The third-order valence-corrected chi connectivity index (χ3v) is 8.51. The lowest BCUT2D eigenvalue weighted by Crippen LogP contribution is -2.28. The van der Waals surface area contributed by atoms with E-state index < -0.39 is 0 Å². The Morgan fingerprint density at radius 1 is 1.00 bits per heavy atom. The van der Waals surface area contributed by atoms with E-state index in [4.69, 9.17) is 26.1 Å². The van der Waals surface area contributed by atoms with Crippen molar-refractivity contribution in [2.75, 3.05) is 11.9 Å². The molecular weight excluding hydrogens is 584 g/mol. The van der Waals surface area contributed by atoms with Crippen LogP contribution in [-0.4, -0.2) is 12.8 Å². The highest BCUT2D eigenvalue weighted by Crippen LogP contribution is 2.49. The molecule has 2 aliphatic rings. The van der Waals surface area contributed by atoms with Gasteiger partial charge in [-0.3, -0.25) is 4.99 Å². The van der Waals surface area contributed by atoms with Gasteiger partial charge in [-0.25, -0.2) is 0 Å². The number of nitrogens with one attached hydrogen (secondary N) is 1. The average Bonchev–Trinajstić information content (AvgIpc) is 3.47. The van der Waals surface area contributed by atoms with Gasteiger partial charge in [-0.05, 0) is 88.3 Å². The van der Waals surface area contributed by atoms with Crippen molar-refractivity contribution in [3.8, 4) is 11.5 Å². The van der Waals surface area contributed by atoms with Gasteiger partial charge in [0.15, 0.2) is 11.5 Å². The summed E-state index contributed by atoms with van der Waals surface area (Å²) in [6.45, 7) is 2.82. The van der Waals surface area contributed by atoms with Crippen LogP contribution in [0.5, 0.6) is 11.5 Å². The van der Waals surface area contributed by atoms with Crippen molar-refractivity contribution in [3.63, 3.8) is 0 Å². The monoisotopic (exact) mass is 612 g/mol. The molecule has 0 fully saturated rings. The number of allylic oxidation sites excluding steroid dienone is 2. The normalized spacial score (nSPS) is 19.2. The highest BCUT2D eigenvalue weighted by atomic mass is 79.9. The topological polar surface area (TPSA) is 42.8 Å². The minimum absolute atomic E-state index is 0.274. The fourth-order valence-electron chi connectivity index (χ4n) is 5.62. The summed E-state index contributed by atoms with van der Waals surface area (Å²) in [5.41, 5.74) is 6.64. The Kier molecular flexibility index (Phi) is 7.94. The molecule has 0 saturated heterocycles. The smallest absolute Gasteiger partial charge is 0.175 e. The van der Waals surface area contributed by atoms with Gasteiger partial charge in [0.25, 0.3) is 0 Å². The second-order valence-electron chi connectivity index (χ2n) is 10.1. The van der Waals surface area contributed by atoms with Gasteiger partial charge >= 0.3 is 0 Å². The van der Waals surface area contributed by atoms with Crippen molar-refractivity contribution in [1.82, 2.24) is 0 Å². The van der Waals surface area contributed by atoms with Gasteiger partial charge in [-0.15, -0.1) is 0 Å². The van der Waals surface area contributed by atoms with Crippen molar-refractivity contribution in [2.45, 2.75) is 31.9 Å². The number of nitrogens with zero attached hydrogens (tertiary/aromatic N) is 1. The van der Waals surface area contributed by atoms with Gasteiger partial charge in [0, 0.05) is 28.4 Å². The highest BCUT2D eigenvalue weighted by molar-refractivity contribution is 9.10. The number of hydrogen-bond acceptors (Lipinski definition) is 4. The molecule has 0 amide bonds. The molecule has 0 aromatic heterocycles. The van der Waals surface area contributed by atoms with Gasteiger partial charge in [0.2, 0.25) is 0 Å². The van der Waals surface area contributed by atoms with Crippen LogP contribution in [-0.2, 0) is 6.61 Å². The summed E-state index contributed by atoms with van der Waals surface area (Å²) < 4.78 is 12.8. The number of anilines is 1. The summed E-state index contributed by atoms with van der Waals surface area (Å²) in [5.74, 6) is 2.29. The van der Waals surface area contributed by atoms with E-state index in [9.17, 15) is 0 Å². The van der Waals surface area contributed by atoms with Crippen molar-refractivity contribution >= 4 is 45.1 Å². The minimum atomic E-state index is 0.274. The molecule has 4 nitrogen and oxygen atoms in total. The van der Waals surface area contributed by atoms with E-state index in [1.54, 1.807) is 0 Å². The standard InChI is InChI=1S/C34H30BrClN2O2/c1-2-39-32-19-22(18-29(35)34(32)40-21-24-8-3-5-12-30(24)36)20-37-25-16-14-23(15-17-25)33-28-11-7-10-26(28)27-9-4-6-13-31(27)38-33/h3-10,12-20,26,28,33,38H,2,11,21H2,1H3/t26-,28+,33+/m1/s1.